The number of aromatic amines is 1. The van der Waals surface area contributed by atoms with E-state index in [4.69, 9.17) is 9.72 Å². The van der Waals surface area contributed by atoms with Crippen molar-refractivity contribution in [3.63, 3.8) is 0 Å². The summed E-state index contributed by atoms with van der Waals surface area (Å²) in [6, 6.07) is 4.65. The number of rotatable bonds is 2. The highest BCUT2D eigenvalue weighted by atomic mass is 19.1. The third-order valence-electron chi connectivity index (χ3n) is 7.10. The van der Waals surface area contributed by atoms with Gasteiger partial charge in [-0.2, -0.15) is 0 Å². The van der Waals surface area contributed by atoms with E-state index in [0.29, 0.717) is 56.5 Å². The quantitative estimate of drug-likeness (QED) is 0.796. The number of fused-ring (bicyclic) bond motifs is 2. The molecule has 1 amide bonds. The van der Waals surface area contributed by atoms with E-state index in [9.17, 15) is 14.0 Å². The molecule has 1 N–H and O–H groups in total. The second-order valence-electron chi connectivity index (χ2n) is 8.85. The number of likely N-dealkylation sites (tertiary alicyclic amines) is 1. The summed E-state index contributed by atoms with van der Waals surface area (Å²) in [5, 5.41) is 0. The molecule has 2 fully saturated rings. The summed E-state index contributed by atoms with van der Waals surface area (Å²) in [6.45, 7) is 5.52. The summed E-state index contributed by atoms with van der Waals surface area (Å²) in [4.78, 5) is 37.4. The molecule has 7 nitrogen and oxygen atoms in total. The van der Waals surface area contributed by atoms with Crippen LogP contribution in [-0.4, -0.2) is 60.2 Å². The topological polar surface area (TPSA) is 78.5 Å². The summed E-state index contributed by atoms with van der Waals surface area (Å²) in [5.41, 5.74) is 2.40. The highest BCUT2D eigenvalue weighted by Crippen LogP contribution is 2.44. The van der Waals surface area contributed by atoms with Crippen molar-refractivity contribution < 1.29 is 13.9 Å². The SMILES string of the molecule is Cc1ccc(C(=O)N2CCC3(CCc4c3nc(N3CCOCC3)[nH]c4=O)CC2)cc1F. The van der Waals surface area contributed by atoms with Gasteiger partial charge in [0.1, 0.15) is 5.82 Å². The van der Waals surface area contributed by atoms with Crippen LogP contribution >= 0.6 is 0 Å². The number of nitrogens with one attached hydrogen (secondary N) is 1. The van der Waals surface area contributed by atoms with Crippen molar-refractivity contribution >= 4 is 11.9 Å². The van der Waals surface area contributed by atoms with E-state index in [-0.39, 0.29) is 22.7 Å². The second kappa shape index (κ2) is 7.75. The number of hydrogen-bond donors (Lipinski definition) is 1. The number of benzene rings is 1. The number of morpholine rings is 1. The standard InChI is InChI=1S/C23H27FN4O3/c1-15-2-3-16(14-18(15)24)21(30)27-8-6-23(7-9-27)5-4-17-19(23)25-22(26-20(17)29)28-10-12-31-13-11-28/h2-3,14H,4-13H2,1H3,(H,25,26,29). The maximum Gasteiger partial charge on any atom is 0.255 e. The van der Waals surface area contributed by atoms with E-state index < -0.39 is 0 Å². The van der Waals surface area contributed by atoms with Crippen LogP contribution in [0.5, 0.6) is 0 Å². The number of amides is 1. The lowest BCUT2D eigenvalue weighted by Gasteiger charge is -2.39. The molecule has 164 valence electrons. The summed E-state index contributed by atoms with van der Waals surface area (Å²) in [7, 11) is 0. The first-order chi connectivity index (χ1) is 15.0. The Kier molecular flexibility index (Phi) is 5.04. The first-order valence-corrected chi connectivity index (χ1v) is 11.0. The zero-order valence-corrected chi connectivity index (χ0v) is 17.7. The number of hydrogen-bond acceptors (Lipinski definition) is 5. The molecule has 1 aromatic heterocycles. The van der Waals surface area contributed by atoms with Crippen LogP contribution < -0.4 is 10.5 Å². The van der Waals surface area contributed by atoms with Crippen LogP contribution in [0.4, 0.5) is 10.3 Å². The number of ether oxygens (including phenoxy) is 1. The van der Waals surface area contributed by atoms with Gasteiger partial charge in [0.15, 0.2) is 0 Å². The Balaban J connectivity index is 1.36. The van der Waals surface area contributed by atoms with Crippen LogP contribution in [-0.2, 0) is 16.6 Å². The summed E-state index contributed by atoms with van der Waals surface area (Å²) < 4.78 is 19.3. The molecule has 1 spiro atoms. The van der Waals surface area contributed by atoms with E-state index in [1.54, 1.807) is 24.0 Å². The molecule has 2 aliphatic heterocycles. The minimum atomic E-state index is -0.358. The predicted molar refractivity (Wildman–Crippen MR) is 114 cm³/mol. The van der Waals surface area contributed by atoms with Crippen molar-refractivity contribution in [1.29, 1.82) is 0 Å². The lowest BCUT2D eigenvalue weighted by molar-refractivity contribution is 0.0663. The minimum absolute atomic E-state index is 0.0444. The largest absolute Gasteiger partial charge is 0.378 e. The number of nitrogens with zero attached hydrogens (tertiary/aromatic N) is 3. The van der Waals surface area contributed by atoms with Gasteiger partial charge < -0.3 is 14.5 Å². The van der Waals surface area contributed by atoms with Crippen molar-refractivity contribution in [2.45, 2.75) is 38.0 Å². The lowest BCUT2D eigenvalue weighted by Crippen LogP contribution is -2.45. The van der Waals surface area contributed by atoms with Gasteiger partial charge in [-0.3, -0.25) is 14.6 Å². The molecule has 0 saturated carbocycles. The normalized spacial score (nSPS) is 20.2. The first-order valence-electron chi connectivity index (χ1n) is 11.0. The Labute approximate surface area is 180 Å². The third kappa shape index (κ3) is 3.52. The monoisotopic (exact) mass is 426 g/mol. The maximum absolute atomic E-state index is 13.9. The highest BCUT2D eigenvalue weighted by molar-refractivity contribution is 5.94. The zero-order chi connectivity index (χ0) is 21.6. The smallest absolute Gasteiger partial charge is 0.255 e. The molecule has 2 aromatic rings. The number of halogens is 1. The maximum atomic E-state index is 13.9. The molecule has 1 aliphatic carbocycles. The summed E-state index contributed by atoms with van der Waals surface area (Å²) in [6.07, 6.45) is 3.13. The van der Waals surface area contributed by atoms with Gasteiger partial charge in [0.25, 0.3) is 11.5 Å². The highest BCUT2D eigenvalue weighted by Gasteiger charge is 2.45. The average Bonchev–Trinajstić information content (AvgIpc) is 3.15. The molecular formula is C23H27FN4O3. The van der Waals surface area contributed by atoms with Crippen molar-refractivity contribution in [2.24, 2.45) is 0 Å². The van der Waals surface area contributed by atoms with E-state index in [1.807, 2.05) is 0 Å². The van der Waals surface area contributed by atoms with E-state index >= 15 is 0 Å². The molecule has 0 atom stereocenters. The molecule has 2 saturated heterocycles. The minimum Gasteiger partial charge on any atom is -0.378 e. The number of carbonyl (C=O) groups excluding carboxylic acids is 1. The number of aromatic nitrogens is 2. The fraction of sp³-hybridized carbons (Fsp3) is 0.522. The number of carbonyl (C=O) groups is 1. The van der Waals surface area contributed by atoms with Crippen LogP contribution in [0.1, 0.15) is 46.4 Å². The van der Waals surface area contributed by atoms with Gasteiger partial charge in [-0.25, -0.2) is 9.37 Å². The molecule has 0 bridgehead atoms. The molecule has 0 radical (unpaired) electrons. The molecule has 1 aromatic carbocycles. The molecule has 0 unspecified atom stereocenters. The van der Waals surface area contributed by atoms with Crippen LogP contribution in [0.2, 0.25) is 0 Å². The Morgan fingerprint density at radius 2 is 1.90 bits per heavy atom. The second-order valence-corrected chi connectivity index (χ2v) is 8.85. The number of aryl methyl sites for hydroxylation is 1. The molecule has 8 heteroatoms. The Hall–Kier alpha value is -2.74. The van der Waals surface area contributed by atoms with Crippen LogP contribution in [0, 0.1) is 12.7 Å². The Morgan fingerprint density at radius 3 is 2.61 bits per heavy atom. The van der Waals surface area contributed by atoms with Gasteiger partial charge in [0, 0.05) is 42.7 Å². The van der Waals surface area contributed by atoms with Crippen molar-refractivity contribution in [3.8, 4) is 0 Å². The van der Waals surface area contributed by atoms with Gasteiger partial charge in [0.05, 0.1) is 18.9 Å². The van der Waals surface area contributed by atoms with E-state index in [0.717, 1.165) is 36.9 Å². The number of H-pyrrole nitrogens is 1. The average molecular weight is 426 g/mol. The molecular weight excluding hydrogens is 399 g/mol. The van der Waals surface area contributed by atoms with E-state index in [2.05, 4.69) is 9.88 Å². The Morgan fingerprint density at radius 1 is 1.16 bits per heavy atom. The lowest BCUT2D eigenvalue weighted by atomic mass is 9.76. The van der Waals surface area contributed by atoms with E-state index in [1.165, 1.54) is 6.07 Å². The zero-order valence-electron chi connectivity index (χ0n) is 17.7. The van der Waals surface area contributed by atoms with Gasteiger partial charge in [-0.05, 0) is 50.3 Å². The number of piperidine rings is 1. The van der Waals surface area contributed by atoms with Crippen LogP contribution in [0.15, 0.2) is 23.0 Å². The molecule has 31 heavy (non-hydrogen) atoms. The predicted octanol–water partition coefficient (Wildman–Crippen LogP) is 2.17. The van der Waals surface area contributed by atoms with Gasteiger partial charge in [-0.15, -0.1) is 0 Å². The fourth-order valence-electron chi connectivity index (χ4n) is 5.10. The molecule has 3 heterocycles. The van der Waals surface area contributed by atoms with Gasteiger partial charge >= 0.3 is 0 Å². The summed E-state index contributed by atoms with van der Waals surface area (Å²) >= 11 is 0. The van der Waals surface area contributed by atoms with Crippen molar-refractivity contribution in [3.05, 3.63) is 56.8 Å². The van der Waals surface area contributed by atoms with Crippen LogP contribution in [0.3, 0.4) is 0 Å². The Bertz CT molecular complexity index is 1070. The van der Waals surface area contributed by atoms with Crippen LogP contribution in [0.25, 0.3) is 0 Å². The van der Waals surface area contributed by atoms with Gasteiger partial charge in [0.2, 0.25) is 5.95 Å². The molecule has 3 aliphatic rings. The first kappa shape index (κ1) is 20.2. The molecule has 5 rings (SSSR count). The van der Waals surface area contributed by atoms with Gasteiger partial charge in [-0.1, -0.05) is 6.07 Å². The van der Waals surface area contributed by atoms with Crippen molar-refractivity contribution in [2.75, 3.05) is 44.3 Å². The summed E-state index contributed by atoms with van der Waals surface area (Å²) in [5.74, 6) is 0.130. The number of anilines is 1. The van der Waals surface area contributed by atoms with Crippen molar-refractivity contribution in [1.82, 2.24) is 14.9 Å². The third-order valence-corrected chi connectivity index (χ3v) is 7.10. The fourth-order valence-corrected chi connectivity index (χ4v) is 5.10.